The van der Waals surface area contributed by atoms with Gasteiger partial charge in [0, 0.05) is 30.1 Å². The van der Waals surface area contributed by atoms with Crippen LogP contribution in [-0.4, -0.2) is 42.1 Å². The van der Waals surface area contributed by atoms with Gasteiger partial charge >= 0.3 is 0 Å². The molecule has 0 aliphatic rings. The summed E-state index contributed by atoms with van der Waals surface area (Å²) in [4.78, 5) is 21.3. The average molecular weight is 300 g/mol. The predicted molar refractivity (Wildman–Crippen MR) is 86.9 cm³/mol. The molecular weight excluding hydrogens is 283 g/mol. The van der Waals surface area contributed by atoms with E-state index in [4.69, 9.17) is 0 Å². The van der Waals surface area contributed by atoms with Gasteiger partial charge in [0.25, 0.3) is 5.56 Å². The molecule has 0 aliphatic heterocycles. The van der Waals surface area contributed by atoms with E-state index in [1.807, 2.05) is 14.1 Å². The van der Waals surface area contributed by atoms with E-state index < -0.39 is 0 Å². The van der Waals surface area contributed by atoms with E-state index in [1.54, 1.807) is 18.3 Å². The zero-order valence-corrected chi connectivity index (χ0v) is 12.5. The van der Waals surface area contributed by atoms with Crippen molar-refractivity contribution < 1.29 is 4.39 Å². The zero-order valence-electron chi connectivity index (χ0n) is 12.5. The molecule has 0 bridgehead atoms. The number of nitrogens with one attached hydrogen (secondary N) is 2. The first-order valence-corrected chi connectivity index (χ1v) is 7.05. The molecule has 0 radical (unpaired) electrons. The van der Waals surface area contributed by atoms with Crippen LogP contribution in [0.3, 0.4) is 0 Å². The van der Waals surface area contributed by atoms with Crippen LogP contribution in [0.2, 0.25) is 0 Å². The standard InChI is InChI=1S/C16H17FN4O/c1-21(2)8-7-18-15-11-4-3-10(17)9-12(11)14-13(20-15)5-6-19-16(14)22/h3-6,9H,7-8H2,1-2H3,(H,18,20)(H,19,22). The Morgan fingerprint density at radius 1 is 1.27 bits per heavy atom. The number of hydrogen-bond acceptors (Lipinski definition) is 4. The first-order chi connectivity index (χ1) is 10.6. The van der Waals surface area contributed by atoms with Gasteiger partial charge in [-0.3, -0.25) is 4.79 Å². The van der Waals surface area contributed by atoms with Crippen molar-refractivity contribution >= 4 is 27.5 Å². The van der Waals surface area contributed by atoms with Crippen molar-refractivity contribution in [3.05, 3.63) is 46.6 Å². The summed E-state index contributed by atoms with van der Waals surface area (Å²) in [6.45, 7) is 1.55. The van der Waals surface area contributed by atoms with Crippen molar-refractivity contribution in [3.8, 4) is 0 Å². The molecule has 2 N–H and O–H groups in total. The lowest BCUT2D eigenvalue weighted by atomic mass is 10.1. The second-order valence-corrected chi connectivity index (χ2v) is 5.45. The summed E-state index contributed by atoms with van der Waals surface area (Å²) in [7, 11) is 3.98. The van der Waals surface area contributed by atoms with Gasteiger partial charge in [-0.25, -0.2) is 9.37 Å². The van der Waals surface area contributed by atoms with Crippen LogP contribution in [-0.2, 0) is 0 Å². The molecule has 2 heterocycles. The quantitative estimate of drug-likeness (QED) is 0.725. The molecule has 6 heteroatoms. The molecule has 0 spiro atoms. The highest BCUT2D eigenvalue weighted by atomic mass is 19.1. The van der Waals surface area contributed by atoms with Crippen LogP contribution in [0, 0.1) is 5.82 Å². The van der Waals surface area contributed by atoms with Crippen molar-refractivity contribution in [2.45, 2.75) is 0 Å². The SMILES string of the molecule is CN(C)CCNc1nc2cc[nH]c(=O)c2c2cc(F)ccc12. The Morgan fingerprint density at radius 3 is 2.86 bits per heavy atom. The number of nitrogens with zero attached hydrogens (tertiary/aromatic N) is 2. The molecule has 22 heavy (non-hydrogen) atoms. The van der Waals surface area contributed by atoms with Crippen molar-refractivity contribution in [2.24, 2.45) is 0 Å². The van der Waals surface area contributed by atoms with Gasteiger partial charge in [0.05, 0.1) is 10.9 Å². The normalized spacial score (nSPS) is 11.5. The van der Waals surface area contributed by atoms with Crippen LogP contribution in [0.25, 0.3) is 21.7 Å². The summed E-state index contributed by atoms with van der Waals surface area (Å²) in [5.41, 5.74) is 0.287. The van der Waals surface area contributed by atoms with Gasteiger partial charge in [0.15, 0.2) is 0 Å². The molecular formula is C16H17FN4O. The van der Waals surface area contributed by atoms with Gasteiger partial charge in [0.1, 0.15) is 11.6 Å². The van der Waals surface area contributed by atoms with E-state index in [1.165, 1.54) is 12.1 Å². The summed E-state index contributed by atoms with van der Waals surface area (Å²) in [5, 5.41) is 4.98. The Labute approximate surface area is 126 Å². The second kappa shape index (κ2) is 5.73. The summed E-state index contributed by atoms with van der Waals surface area (Å²) in [6.07, 6.45) is 1.55. The van der Waals surface area contributed by atoms with Crippen LogP contribution in [0.4, 0.5) is 10.2 Å². The maximum Gasteiger partial charge on any atom is 0.258 e. The van der Waals surface area contributed by atoms with E-state index >= 15 is 0 Å². The number of pyridine rings is 2. The maximum atomic E-state index is 13.6. The van der Waals surface area contributed by atoms with Crippen molar-refractivity contribution in [1.82, 2.24) is 14.9 Å². The number of likely N-dealkylation sites (N-methyl/N-ethyl adjacent to an activating group) is 1. The van der Waals surface area contributed by atoms with Gasteiger partial charge in [-0.05, 0) is 38.4 Å². The van der Waals surface area contributed by atoms with Crippen LogP contribution >= 0.6 is 0 Å². The Kier molecular flexibility index (Phi) is 3.77. The Bertz CT molecular complexity index is 888. The first kappa shape index (κ1) is 14.5. The third-order valence-corrected chi connectivity index (χ3v) is 3.53. The minimum absolute atomic E-state index is 0.263. The molecule has 0 aliphatic carbocycles. The summed E-state index contributed by atoms with van der Waals surface area (Å²) >= 11 is 0. The van der Waals surface area contributed by atoms with Gasteiger partial charge in [-0.15, -0.1) is 0 Å². The largest absolute Gasteiger partial charge is 0.368 e. The molecule has 3 aromatic rings. The molecule has 0 amide bonds. The number of benzene rings is 1. The first-order valence-electron chi connectivity index (χ1n) is 7.05. The Balaban J connectivity index is 2.21. The molecule has 5 nitrogen and oxygen atoms in total. The zero-order chi connectivity index (χ0) is 15.7. The molecule has 2 aromatic heterocycles. The van der Waals surface area contributed by atoms with E-state index in [2.05, 4.69) is 20.2 Å². The van der Waals surface area contributed by atoms with Crippen molar-refractivity contribution in [1.29, 1.82) is 0 Å². The lowest BCUT2D eigenvalue weighted by molar-refractivity contribution is 0.425. The number of aromatic amines is 1. The fourth-order valence-corrected chi connectivity index (χ4v) is 2.46. The number of H-pyrrole nitrogens is 1. The van der Waals surface area contributed by atoms with Crippen LogP contribution in [0.1, 0.15) is 0 Å². The maximum absolute atomic E-state index is 13.6. The fourth-order valence-electron chi connectivity index (χ4n) is 2.46. The minimum Gasteiger partial charge on any atom is -0.368 e. The molecule has 0 saturated carbocycles. The summed E-state index contributed by atoms with van der Waals surface area (Å²) in [6, 6.07) is 6.13. The highest BCUT2D eigenvalue weighted by Gasteiger charge is 2.11. The lowest BCUT2D eigenvalue weighted by Crippen LogP contribution is -2.21. The molecule has 1 aromatic carbocycles. The molecule has 3 rings (SSSR count). The molecule has 114 valence electrons. The van der Waals surface area contributed by atoms with Crippen molar-refractivity contribution in [2.75, 3.05) is 32.5 Å². The highest BCUT2D eigenvalue weighted by molar-refractivity contribution is 6.09. The van der Waals surface area contributed by atoms with Gasteiger partial charge in [-0.2, -0.15) is 0 Å². The number of hydrogen-bond donors (Lipinski definition) is 2. The van der Waals surface area contributed by atoms with E-state index in [9.17, 15) is 9.18 Å². The smallest absolute Gasteiger partial charge is 0.258 e. The molecule has 0 unspecified atom stereocenters. The number of rotatable bonds is 4. The van der Waals surface area contributed by atoms with Crippen LogP contribution < -0.4 is 10.9 Å². The number of anilines is 1. The topological polar surface area (TPSA) is 61.0 Å². The fraction of sp³-hybridized carbons (Fsp3) is 0.250. The molecule has 0 saturated heterocycles. The van der Waals surface area contributed by atoms with Crippen LogP contribution in [0.5, 0.6) is 0 Å². The monoisotopic (exact) mass is 300 g/mol. The van der Waals surface area contributed by atoms with Crippen molar-refractivity contribution in [3.63, 3.8) is 0 Å². The summed E-state index contributed by atoms with van der Waals surface area (Å²) < 4.78 is 13.6. The minimum atomic E-state index is -0.373. The van der Waals surface area contributed by atoms with Gasteiger partial charge in [0.2, 0.25) is 0 Å². The number of fused-ring (bicyclic) bond motifs is 3. The highest BCUT2D eigenvalue weighted by Crippen LogP contribution is 2.27. The van der Waals surface area contributed by atoms with E-state index in [0.717, 1.165) is 11.9 Å². The third kappa shape index (κ3) is 2.65. The molecule has 0 atom stereocenters. The van der Waals surface area contributed by atoms with Gasteiger partial charge < -0.3 is 15.2 Å². The number of halogens is 1. The Hall–Kier alpha value is -2.47. The predicted octanol–water partition coefficient (Wildman–Crippen LogP) is 2.19. The third-order valence-electron chi connectivity index (χ3n) is 3.53. The van der Waals surface area contributed by atoms with Crippen LogP contribution in [0.15, 0.2) is 35.3 Å². The molecule has 0 fully saturated rings. The van der Waals surface area contributed by atoms with E-state index in [-0.39, 0.29) is 11.4 Å². The second-order valence-electron chi connectivity index (χ2n) is 5.45. The van der Waals surface area contributed by atoms with E-state index in [0.29, 0.717) is 28.7 Å². The van der Waals surface area contributed by atoms with Gasteiger partial charge in [-0.1, -0.05) is 0 Å². The lowest BCUT2D eigenvalue weighted by Gasteiger charge is -2.13. The number of aromatic nitrogens is 2. The summed E-state index contributed by atoms with van der Waals surface area (Å²) in [5.74, 6) is 0.289. The average Bonchev–Trinajstić information content (AvgIpc) is 2.46. The Morgan fingerprint density at radius 2 is 2.09 bits per heavy atom.